The van der Waals surface area contributed by atoms with E-state index in [1.165, 1.54) is 0 Å². The number of amides is 1. The van der Waals surface area contributed by atoms with Gasteiger partial charge in [-0.1, -0.05) is 0 Å². The van der Waals surface area contributed by atoms with Crippen molar-refractivity contribution in [2.45, 2.75) is 19.9 Å². The van der Waals surface area contributed by atoms with Crippen molar-refractivity contribution in [1.29, 1.82) is 0 Å². The third-order valence-corrected chi connectivity index (χ3v) is 3.46. The molecule has 0 radical (unpaired) electrons. The normalized spacial score (nSPS) is 12.2. The minimum absolute atomic E-state index is 0.194. The standard InChI is InChI=1S/C14H15BrN2O2/c1-8-3-6-13(19-8)9(2)17-14(18)11-7-10(16)4-5-12(11)15/h3-7,9H,16H2,1-2H3,(H,17,18). The van der Waals surface area contributed by atoms with Gasteiger partial charge in [-0.05, 0) is 60.1 Å². The second-order valence-electron chi connectivity index (χ2n) is 4.38. The van der Waals surface area contributed by atoms with Crippen LogP contribution in [0.5, 0.6) is 0 Å². The molecule has 1 aromatic carbocycles. The van der Waals surface area contributed by atoms with Gasteiger partial charge >= 0.3 is 0 Å². The van der Waals surface area contributed by atoms with Crippen LogP contribution in [-0.4, -0.2) is 5.91 Å². The molecule has 0 fully saturated rings. The lowest BCUT2D eigenvalue weighted by atomic mass is 10.1. The van der Waals surface area contributed by atoms with E-state index in [0.717, 1.165) is 11.5 Å². The maximum absolute atomic E-state index is 12.2. The number of carbonyl (C=O) groups excluding carboxylic acids is 1. The molecule has 0 aliphatic rings. The predicted octanol–water partition coefficient (Wildman–Crippen LogP) is 3.42. The summed E-state index contributed by atoms with van der Waals surface area (Å²) >= 11 is 3.34. The lowest BCUT2D eigenvalue weighted by Crippen LogP contribution is -2.26. The van der Waals surface area contributed by atoms with Gasteiger partial charge in [0.2, 0.25) is 0 Å². The summed E-state index contributed by atoms with van der Waals surface area (Å²) in [7, 11) is 0. The summed E-state index contributed by atoms with van der Waals surface area (Å²) in [6.07, 6.45) is 0. The summed E-state index contributed by atoms with van der Waals surface area (Å²) in [4.78, 5) is 12.2. The molecular formula is C14H15BrN2O2. The number of furan rings is 1. The zero-order chi connectivity index (χ0) is 14.0. The highest BCUT2D eigenvalue weighted by Gasteiger charge is 2.16. The molecule has 2 aromatic rings. The summed E-state index contributed by atoms with van der Waals surface area (Å²) in [5, 5.41) is 2.88. The number of anilines is 1. The van der Waals surface area contributed by atoms with Gasteiger partial charge < -0.3 is 15.5 Å². The monoisotopic (exact) mass is 322 g/mol. The first-order valence-corrected chi connectivity index (χ1v) is 6.69. The van der Waals surface area contributed by atoms with Gasteiger partial charge in [0.1, 0.15) is 11.5 Å². The molecule has 1 heterocycles. The molecule has 5 heteroatoms. The highest BCUT2D eigenvalue weighted by molar-refractivity contribution is 9.10. The largest absolute Gasteiger partial charge is 0.464 e. The number of rotatable bonds is 3. The van der Waals surface area contributed by atoms with E-state index in [1.54, 1.807) is 18.2 Å². The molecule has 0 bridgehead atoms. The van der Waals surface area contributed by atoms with Crippen LogP contribution in [0.3, 0.4) is 0 Å². The van der Waals surface area contributed by atoms with E-state index in [9.17, 15) is 4.79 Å². The van der Waals surface area contributed by atoms with Gasteiger partial charge in [0.15, 0.2) is 0 Å². The zero-order valence-corrected chi connectivity index (χ0v) is 12.3. The van der Waals surface area contributed by atoms with Gasteiger partial charge in [-0.15, -0.1) is 0 Å². The van der Waals surface area contributed by atoms with Gasteiger partial charge in [-0.2, -0.15) is 0 Å². The van der Waals surface area contributed by atoms with E-state index >= 15 is 0 Å². The Morgan fingerprint density at radius 1 is 1.37 bits per heavy atom. The van der Waals surface area contributed by atoms with Crippen molar-refractivity contribution in [3.05, 3.63) is 51.9 Å². The third kappa shape index (κ3) is 3.17. The molecule has 0 saturated carbocycles. The van der Waals surface area contributed by atoms with E-state index in [4.69, 9.17) is 10.2 Å². The second kappa shape index (κ2) is 5.48. The smallest absolute Gasteiger partial charge is 0.253 e. The molecule has 2 rings (SSSR count). The summed E-state index contributed by atoms with van der Waals surface area (Å²) in [6.45, 7) is 3.74. The average molecular weight is 323 g/mol. The highest BCUT2D eigenvalue weighted by Crippen LogP contribution is 2.21. The molecule has 1 amide bonds. The van der Waals surface area contributed by atoms with Crippen LogP contribution in [0.25, 0.3) is 0 Å². The van der Waals surface area contributed by atoms with Crippen LogP contribution in [0.4, 0.5) is 5.69 Å². The number of nitrogens with one attached hydrogen (secondary N) is 1. The topological polar surface area (TPSA) is 68.3 Å². The van der Waals surface area contributed by atoms with Gasteiger partial charge in [0.05, 0.1) is 11.6 Å². The van der Waals surface area contributed by atoms with Crippen LogP contribution >= 0.6 is 15.9 Å². The number of nitrogen functional groups attached to an aromatic ring is 1. The average Bonchev–Trinajstić information content (AvgIpc) is 2.79. The first-order valence-electron chi connectivity index (χ1n) is 5.89. The lowest BCUT2D eigenvalue weighted by Gasteiger charge is -2.12. The molecule has 0 aliphatic carbocycles. The van der Waals surface area contributed by atoms with Crippen LogP contribution in [0.1, 0.15) is 34.8 Å². The van der Waals surface area contributed by atoms with Crippen molar-refractivity contribution in [3.8, 4) is 0 Å². The summed E-state index contributed by atoms with van der Waals surface area (Å²) in [5.41, 5.74) is 6.75. The molecule has 0 aliphatic heterocycles. The fourth-order valence-electron chi connectivity index (χ4n) is 1.75. The Morgan fingerprint density at radius 3 is 2.74 bits per heavy atom. The SMILES string of the molecule is Cc1ccc(C(C)NC(=O)c2cc(N)ccc2Br)o1. The Labute approximate surface area is 120 Å². The summed E-state index contributed by atoms with van der Waals surface area (Å²) in [5.74, 6) is 1.35. The predicted molar refractivity (Wildman–Crippen MR) is 77.9 cm³/mol. The minimum Gasteiger partial charge on any atom is -0.464 e. The van der Waals surface area contributed by atoms with Crippen LogP contribution in [0.15, 0.2) is 39.2 Å². The van der Waals surface area contributed by atoms with Gasteiger partial charge in [-0.3, -0.25) is 4.79 Å². The highest BCUT2D eigenvalue weighted by atomic mass is 79.9. The fourth-order valence-corrected chi connectivity index (χ4v) is 2.18. The number of carbonyl (C=O) groups is 1. The van der Waals surface area contributed by atoms with Gasteiger partial charge in [-0.25, -0.2) is 0 Å². The van der Waals surface area contributed by atoms with Crippen molar-refractivity contribution < 1.29 is 9.21 Å². The van der Waals surface area contributed by atoms with Crippen LogP contribution in [0, 0.1) is 6.92 Å². The molecule has 4 nitrogen and oxygen atoms in total. The van der Waals surface area contributed by atoms with Gasteiger partial charge in [0.25, 0.3) is 5.91 Å². The molecular weight excluding hydrogens is 308 g/mol. The van der Waals surface area contributed by atoms with E-state index in [0.29, 0.717) is 15.7 Å². The Hall–Kier alpha value is -1.75. The molecule has 19 heavy (non-hydrogen) atoms. The van der Waals surface area contributed by atoms with Crippen molar-refractivity contribution in [1.82, 2.24) is 5.32 Å². The molecule has 0 spiro atoms. The maximum atomic E-state index is 12.2. The minimum atomic E-state index is -0.200. The maximum Gasteiger partial charge on any atom is 0.253 e. The zero-order valence-electron chi connectivity index (χ0n) is 10.7. The number of benzene rings is 1. The van der Waals surface area contributed by atoms with E-state index in [1.807, 2.05) is 26.0 Å². The van der Waals surface area contributed by atoms with Crippen molar-refractivity contribution in [2.75, 3.05) is 5.73 Å². The molecule has 0 saturated heterocycles. The Balaban J connectivity index is 2.15. The Bertz CT molecular complexity index is 607. The molecule has 1 unspecified atom stereocenters. The van der Waals surface area contributed by atoms with Crippen molar-refractivity contribution in [2.24, 2.45) is 0 Å². The number of aryl methyl sites for hydroxylation is 1. The summed E-state index contributed by atoms with van der Waals surface area (Å²) < 4.78 is 6.20. The molecule has 3 N–H and O–H groups in total. The van der Waals surface area contributed by atoms with Crippen LogP contribution in [-0.2, 0) is 0 Å². The first-order chi connectivity index (χ1) is 8.97. The van der Waals surface area contributed by atoms with Gasteiger partial charge in [0, 0.05) is 10.2 Å². The summed E-state index contributed by atoms with van der Waals surface area (Å²) in [6, 6.07) is 8.66. The van der Waals surface area contributed by atoms with Crippen molar-refractivity contribution >= 4 is 27.5 Å². The number of hydrogen-bond donors (Lipinski definition) is 2. The Morgan fingerprint density at radius 2 is 2.11 bits per heavy atom. The van der Waals surface area contributed by atoms with Crippen molar-refractivity contribution in [3.63, 3.8) is 0 Å². The second-order valence-corrected chi connectivity index (χ2v) is 5.24. The quantitative estimate of drug-likeness (QED) is 0.851. The lowest BCUT2D eigenvalue weighted by molar-refractivity contribution is 0.0934. The molecule has 1 atom stereocenters. The van der Waals surface area contributed by atoms with Crippen LogP contribution in [0.2, 0.25) is 0 Å². The van der Waals surface area contributed by atoms with E-state index < -0.39 is 0 Å². The van der Waals surface area contributed by atoms with Crippen LogP contribution < -0.4 is 11.1 Å². The van der Waals surface area contributed by atoms with E-state index in [2.05, 4.69) is 21.2 Å². The number of nitrogens with two attached hydrogens (primary N) is 1. The third-order valence-electron chi connectivity index (χ3n) is 2.77. The number of halogens is 1. The van der Waals surface area contributed by atoms with E-state index in [-0.39, 0.29) is 11.9 Å². The Kier molecular flexibility index (Phi) is 3.95. The number of hydrogen-bond acceptors (Lipinski definition) is 3. The molecule has 1 aromatic heterocycles. The first kappa shape index (κ1) is 13.7. The molecule has 100 valence electrons. The fraction of sp³-hybridized carbons (Fsp3) is 0.214.